The third-order valence-corrected chi connectivity index (χ3v) is 3.76. The minimum Gasteiger partial charge on any atom is -0.387 e. The largest absolute Gasteiger partial charge is 0.387 e. The number of hydrogen-bond donors (Lipinski definition) is 1. The van der Waals surface area contributed by atoms with Crippen LogP contribution >= 0.6 is 0 Å². The number of unbranched alkanes of at least 4 members (excludes halogenated alkanes) is 1. The SMILES string of the molecule is CCCCn1nnnc1CN1CC(O)(C(C)C)C1. The molecule has 1 aromatic heterocycles. The van der Waals surface area contributed by atoms with Crippen LogP contribution in [0.2, 0.25) is 0 Å². The molecule has 1 fully saturated rings. The van der Waals surface area contributed by atoms with Gasteiger partial charge in [0.25, 0.3) is 0 Å². The van der Waals surface area contributed by atoms with Gasteiger partial charge in [0.1, 0.15) is 0 Å². The molecular formula is C12H23N5O. The van der Waals surface area contributed by atoms with Gasteiger partial charge in [-0.15, -0.1) is 5.10 Å². The lowest BCUT2D eigenvalue weighted by Crippen LogP contribution is -2.64. The molecule has 0 unspecified atom stereocenters. The van der Waals surface area contributed by atoms with E-state index in [9.17, 15) is 5.11 Å². The highest BCUT2D eigenvalue weighted by Crippen LogP contribution is 2.29. The topological polar surface area (TPSA) is 67.1 Å². The highest BCUT2D eigenvalue weighted by Gasteiger charge is 2.43. The minimum absolute atomic E-state index is 0.296. The van der Waals surface area contributed by atoms with Crippen LogP contribution in [0.4, 0.5) is 0 Å². The van der Waals surface area contributed by atoms with E-state index < -0.39 is 5.60 Å². The Bertz CT molecular complexity index is 384. The maximum Gasteiger partial charge on any atom is 0.165 e. The molecule has 1 aliphatic heterocycles. The molecule has 6 nitrogen and oxygen atoms in total. The minimum atomic E-state index is -0.526. The Morgan fingerprint density at radius 3 is 2.72 bits per heavy atom. The second-order valence-electron chi connectivity index (χ2n) is 5.58. The fourth-order valence-corrected chi connectivity index (χ4v) is 2.22. The summed E-state index contributed by atoms with van der Waals surface area (Å²) in [5.41, 5.74) is -0.526. The van der Waals surface area contributed by atoms with Crippen LogP contribution in [0, 0.1) is 5.92 Å². The summed E-state index contributed by atoms with van der Waals surface area (Å²) in [6.07, 6.45) is 2.23. The van der Waals surface area contributed by atoms with E-state index in [2.05, 4.69) is 41.2 Å². The number of rotatable bonds is 6. The van der Waals surface area contributed by atoms with Gasteiger partial charge in [-0.05, 0) is 22.8 Å². The third kappa shape index (κ3) is 2.70. The Kier molecular flexibility index (Phi) is 3.97. The molecule has 18 heavy (non-hydrogen) atoms. The lowest BCUT2D eigenvalue weighted by atomic mass is 9.83. The fourth-order valence-electron chi connectivity index (χ4n) is 2.22. The average molecular weight is 253 g/mol. The lowest BCUT2D eigenvalue weighted by molar-refractivity contribution is -0.131. The summed E-state index contributed by atoms with van der Waals surface area (Å²) in [4.78, 5) is 2.19. The number of aryl methyl sites for hydroxylation is 1. The molecule has 1 saturated heterocycles. The smallest absolute Gasteiger partial charge is 0.165 e. The average Bonchev–Trinajstić information content (AvgIpc) is 2.71. The zero-order valence-corrected chi connectivity index (χ0v) is 11.5. The van der Waals surface area contributed by atoms with E-state index in [0.717, 1.165) is 31.8 Å². The molecule has 102 valence electrons. The van der Waals surface area contributed by atoms with Crippen LogP contribution in [0.5, 0.6) is 0 Å². The molecule has 0 atom stereocenters. The predicted molar refractivity (Wildman–Crippen MR) is 67.8 cm³/mol. The Hall–Kier alpha value is -1.01. The van der Waals surface area contributed by atoms with Crippen molar-refractivity contribution >= 4 is 0 Å². The van der Waals surface area contributed by atoms with Gasteiger partial charge in [0.05, 0.1) is 12.1 Å². The number of likely N-dealkylation sites (tertiary alicyclic amines) is 1. The van der Waals surface area contributed by atoms with E-state index in [1.54, 1.807) is 0 Å². The van der Waals surface area contributed by atoms with Gasteiger partial charge in [0, 0.05) is 19.6 Å². The van der Waals surface area contributed by atoms with Gasteiger partial charge in [0.15, 0.2) is 5.82 Å². The van der Waals surface area contributed by atoms with Crippen molar-refractivity contribution in [1.29, 1.82) is 0 Å². The van der Waals surface area contributed by atoms with Crippen molar-refractivity contribution in [2.24, 2.45) is 5.92 Å². The number of hydrogen-bond acceptors (Lipinski definition) is 5. The van der Waals surface area contributed by atoms with Gasteiger partial charge >= 0.3 is 0 Å². The number of tetrazole rings is 1. The molecule has 1 aromatic rings. The maximum absolute atomic E-state index is 10.2. The summed E-state index contributed by atoms with van der Waals surface area (Å²) < 4.78 is 1.87. The summed E-state index contributed by atoms with van der Waals surface area (Å²) >= 11 is 0. The molecule has 0 bridgehead atoms. The number of aliphatic hydroxyl groups is 1. The van der Waals surface area contributed by atoms with Crippen LogP contribution in [0.3, 0.4) is 0 Å². The first kappa shape index (κ1) is 13.4. The molecule has 0 amide bonds. The lowest BCUT2D eigenvalue weighted by Gasteiger charge is -2.48. The van der Waals surface area contributed by atoms with Gasteiger partial charge in [0.2, 0.25) is 0 Å². The Morgan fingerprint density at radius 1 is 1.39 bits per heavy atom. The van der Waals surface area contributed by atoms with Crippen molar-refractivity contribution in [2.75, 3.05) is 13.1 Å². The summed E-state index contributed by atoms with van der Waals surface area (Å²) in [5.74, 6) is 1.19. The first-order valence-corrected chi connectivity index (χ1v) is 6.75. The molecule has 0 aliphatic carbocycles. The molecule has 2 rings (SSSR count). The summed E-state index contributed by atoms with van der Waals surface area (Å²) in [7, 11) is 0. The molecule has 1 N–H and O–H groups in total. The van der Waals surface area contributed by atoms with Crippen LogP contribution in [0.1, 0.15) is 39.4 Å². The molecule has 2 heterocycles. The predicted octanol–water partition coefficient (Wildman–Crippen LogP) is 0.676. The van der Waals surface area contributed by atoms with Gasteiger partial charge in [-0.2, -0.15) is 0 Å². The van der Waals surface area contributed by atoms with Crippen molar-refractivity contribution in [3.8, 4) is 0 Å². The maximum atomic E-state index is 10.2. The van der Waals surface area contributed by atoms with E-state index in [1.807, 2.05) is 4.68 Å². The van der Waals surface area contributed by atoms with Crippen LogP contribution < -0.4 is 0 Å². The van der Waals surface area contributed by atoms with E-state index in [0.29, 0.717) is 19.0 Å². The molecule has 6 heteroatoms. The van der Waals surface area contributed by atoms with Crippen LogP contribution in [-0.4, -0.2) is 48.9 Å². The van der Waals surface area contributed by atoms with E-state index in [4.69, 9.17) is 0 Å². The van der Waals surface area contributed by atoms with Gasteiger partial charge in [-0.1, -0.05) is 27.2 Å². The van der Waals surface area contributed by atoms with Crippen molar-refractivity contribution in [3.05, 3.63) is 5.82 Å². The zero-order chi connectivity index (χ0) is 13.2. The van der Waals surface area contributed by atoms with E-state index in [1.165, 1.54) is 0 Å². The van der Waals surface area contributed by atoms with Gasteiger partial charge in [-0.25, -0.2) is 4.68 Å². The monoisotopic (exact) mass is 253 g/mol. The highest BCUT2D eigenvalue weighted by atomic mass is 16.3. The molecule has 0 aromatic carbocycles. The summed E-state index contributed by atoms with van der Waals surface area (Å²) in [5, 5.41) is 22.0. The second kappa shape index (κ2) is 5.32. The quantitative estimate of drug-likeness (QED) is 0.807. The fraction of sp³-hybridized carbons (Fsp3) is 0.917. The Balaban J connectivity index is 1.86. The summed E-state index contributed by atoms with van der Waals surface area (Å²) in [6, 6.07) is 0. The van der Waals surface area contributed by atoms with E-state index >= 15 is 0 Å². The van der Waals surface area contributed by atoms with E-state index in [-0.39, 0.29) is 0 Å². The van der Waals surface area contributed by atoms with Crippen molar-refractivity contribution < 1.29 is 5.11 Å². The molecule has 1 aliphatic rings. The van der Waals surface area contributed by atoms with Crippen LogP contribution in [0.25, 0.3) is 0 Å². The van der Waals surface area contributed by atoms with Gasteiger partial charge < -0.3 is 5.11 Å². The van der Waals surface area contributed by atoms with Gasteiger partial charge in [-0.3, -0.25) is 4.90 Å². The Labute approximate surface area is 108 Å². The number of β-amino-alcohol motifs (C(OH)–C–C–N with tert-alkyl or cyclic N) is 1. The first-order valence-electron chi connectivity index (χ1n) is 6.75. The third-order valence-electron chi connectivity index (χ3n) is 3.76. The normalized spacial score (nSPS) is 19.2. The van der Waals surface area contributed by atoms with Crippen LogP contribution in [-0.2, 0) is 13.1 Å². The number of nitrogens with zero attached hydrogens (tertiary/aromatic N) is 5. The zero-order valence-electron chi connectivity index (χ0n) is 11.5. The number of aromatic nitrogens is 4. The van der Waals surface area contributed by atoms with Crippen molar-refractivity contribution in [2.45, 2.75) is 52.3 Å². The van der Waals surface area contributed by atoms with Crippen molar-refractivity contribution in [1.82, 2.24) is 25.1 Å². The van der Waals surface area contributed by atoms with Crippen molar-refractivity contribution in [3.63, 3.8) is 0 Å². The van der Waals surface area contributed by atoms with Crippen LogP contribution in [0.15, 0.2) is 0 Å². The highest BCUT2D eigenvalue weighted by molar-refractivity contribution is 4.99. The molecule has 0 radical (unpaired) electrons. The summed E-state index contributed by atoms with van der Waals surface area (Å²) in [6.45, 7) is 9.30. The first-order chi connectivity index (χ1) is 8.55. The molecular weight excluding hydrogens is 230 g/mol. The molecule has 0 spiro atoms. The second-order valence-corrected chi connectivity index (χ2v) is 5.58. The molecule has 0 saturated carbocycles. The standard InChI is InChI=1S/C12H23N5O/c1-4-5-6-17-11(13-14-15-17)7-16-8-12(18,9-16)10(2)3/h10,18H,4-9H2,1-3H3. The Morgan fingerprint density at radius 2 is 2.11 bits per heavy atom.